The van der Waals surface area contributed by atoms with Crippen LogP contribution in [0.4, 0.5) is 0 Å². The highest BCUT2D eigenvalue weighted by molar-refractivity contribution is 6.01. The van der Waals surface area contributed by atoms with Crippen molar-refractivity contribution in [3.05, 3.63) is 54.4 Å². The molecular formula is C16H17N3O. The van der Waals surface area contributed by atoms with Gasteiger partial charge in [0.2, 0.25) is 0 Å². The van der Waals surface area contributed by atoms with Crippen LogP contribution in [-0.2, 0) is 0 Å². The van der Waals surface area contributed by atoms with E-state index in [4.69, 9.17) is 5.73 Å². The third-order valence-electron chi connectivity index (χ3n) is 3.69. The fourth-order valence-electron chi connectivity index (χ4n) is 2.64. The highest BCUT2D eigenvalue weighted by Gasteiger charge is 2.27. The summed E-state index contributed by atoms with van der Waals surface area (Å²) in [6, 6.07) is 11.5. The Morgan fingerprint density at radius 2 is 2.10 bits per heavy atom. The predicted molar refractivity (Wildman–Crippen MR) is 77.9 cm³/mol. The summed E-state index contributed by atoms with van der Waals surface area (Å²) in [5.74, 6) is 0.00875. The number of nitrogens with zero attached hydrogens (tertiary/aromatic N) is 2. The van der Waals surface area contributed by atoms with Gasteiger partial charge in [-0.2, -0.15) is 0 Å². The van der Waals surface area contributed by atoms with E-state index in [2.05, 4.69) is 4.98 Å². The van der Waals surface area contributed by atoms with Gasteiger partial charge in [-0.25, -0.2) is 0 Å². The zero-order valence-corrected chi connectivity index (χ0v) is 11.2. The van der Waals surface area contributed by atoms with Gasteiger partial charge in [-0.05, 0) is 30.5 Å². The quantitative estimate of drug-likeness (QED) is 0.908. The number of carbonyl (C=O) groups excluding carboxylic acids is 1. The van der Waals surface area contributed by atoms with Crippen molar-refractivity contribution in [3.63, 3.8) is 0 Å². The predicted octanol–water partition coefficient (Wildman–Crippen LogP) is 2.27. The molecule has 1 amide bonds. The molecule has 0 aliphatic carbocycles. The van der Waals surface area contributed by atoms with Gasteiger partial charge in [-0.1, -0.05) is 24.3 Å². The fourth-order valence-corrected chi connectivity index (χ4v) is 2.64. The van der Waals surface area contributed by atoms with Gasteiger partial charge in [0.1, 0.15) is 0 Å². The molecule has 0 radical (unpaired) electrons. The summed E-state index contributed by atoms with van der Waals surface area (Å²) >= 11 is 0. The molecule has 2 N–H and O–H groups in total. The van der Waals surface area contributed by atoms with Crippen molar-refractivity contribution < 1.29 is 4.79 Å². The van der Waals surface area contributed by atoms with E-state index < -0.39 is 0 Å². The second kappa shape index (κ2) is 5.43. The molecule has 1 atom stereocenters. The van der Waals surface area contributed by atoms with E-state index in [1.165, 1.54) is 0 Å². The standard InChI is InChI=1S/C16H17N3O/c17-15-8-4-10-19(15)16(20)14-7-2-1-6-13(14)12-5-3-9-18-11-12/h1-3,5-7,9,11,15H,4,8,10,17H2. The summed E-state index contributed by atoms with van der Waals surface area (Å²) in [6.07, 6.45) is 5.19. The number of hydrogen-bond donors (Lipinski definition) is 1. The maximum absolute atomic E-state index is 12.7. The number of carbonyl (C=O) groups is 1. The first kappa shape index (κ1) is 12.8. The van der Waals surface area contributed by atoms with E-state index in [0.717, 1.165) is 30.5 Å². The van der Waals surface area contributed by atoms with Crippen molar-refractivity contribution >= 4 is 5.91 Å². The first-order chi connectivity index (χ1) is 9.77. The molecule has 1 saturated heterocycles. The van der Waals surface area contributed by atoms with Crippen LogP contribution in [0.3, 0.4) is 0 Å². The number of aromatic nitrogens is 1. The third-order valence-corrected chi connectivity index (χ3v) is 3.69. The molecule has 0 saturated carbocycles. The van der Waals surface area contributed by atoms with Crippen molar-refractivity contribution in [2.24, 2.45) is 5.73 Å². The first-order valence-electron chi connectivity index (χ1n) is 6.83. The summed E-state index contributed by atoms with van der Waals surface area (Å²) in [6.45, 7) is 0.737. The number of hydrogen-bond acceptors (Lipinski definition) is 3. The van der Waals surface area contributed by atoms with Crippen LogP contribution in [0.5, 0.6) is 0 Å². The van der Waals surface area contributed by atoms with Gasteiger partial charge < -0.3 is 10.6 Å². The van der Waals surface area contributed by atoms with Crippen molar-refractivity contribution in [1.82, 2.24) is 9.88 Å². The van der Waals surface area contributed by atoms with Gasteiger partial charge in [-0.3, -0.25) is 9.78 Å². The molecule has 2 aromatic rings. The second-order valence-electron chi connectivity index (χ2n) is 5.00. The Labute approximate surface area is 118 Å². The largest absolute Gasteiger partial charge is 0.323 e. The molecule has 0 spiro atoms. The maximum atomic E-state index is 12.7. The minimum atomic E-state index is -0.163. The van der Waals surface area contributed by atoms with Crippen LogP contribution in [-0.4, -0.2) is 28.5 Å². The van der Waals surface area contributed by atoms with Gasteiger partial charge in [-0.15, -0.1) is 0 Å². The molecule has 4 nitrogen and oxygen atoms in total. The lowest BCUT2D eigenvalue weighted by Gasteiger charge is -2.22. The van der Waals surface area contributed by atoms with E-state index in [1.54, 1.807) is 17.3 Å². The molecular weight excluding hydrogens is 250 g/mol. The average Bonchev–Trinajstić information content (AvgIpc) is 2.93. The first-order valence-corrected chi connectivity index (χ1v) is 6.83. The van der Waals surface area contributed by atoms with E-state index in [1.807, 2.05) is 36.4 Å². The van der Waals surface area contributed by atoms with Crippen molar-refractivity contribution in [1.29, 1.82) is 0 Å². The van der Waals surface area contributed by atoms with E-state index in [-0.39, 0.29) is 12.1 Å². The topological polar surface area (TPSA) is 59.2 Å². The molecule has 4 heteroatoms. The summed E-state index contributed by atoms with van der Waals surface area (Å²) in [5, 5.41) is 0. The molecule has 1 aliphatic rings. The summed E-state index contributed by atoms with van der Waals surface area (Å²) in [5.41, 5.74) is 8.55. The lowest BCUT2D eigenvalue weighted by Crippen LogP contribution is -2.41. The zero-order chi connectivity index (χ0) is 13.9. The molecule has 2 heterocycles. The second-order valence-corrected chi connectivity index (χ2v) is 5.00. The number of nitrogens with two attached hydrogens (primary N) is 1. The molecule has 1 aliphatic heterocycles. The van der Waals surface area contributed by atoms with Gasteiger partial charge >= 0.3 is 0 Å². The highest BCUT2D eigenvalue weighted by Crippen LogP contribution is 2.26. The third kappa shape index (κ3) is 2.30. The molecule has 1 unspecified atom stereocenters. The Morgan fingerprint density at radius 1 is 1.25 bits per heavy atom. The minimum Gasteiger partial charge on any atom is -0.323 e. The maximum Gasteiger partial charge on any atom is 0.255 e. The molecule has 102 valence electrons. The monoisotopic (exact) mass is 267 g/mol. The smallest absolute Gasteiger partial charge is 0.255 e. The van der Waals surface area contributed by atoms with Gasteiger partial charge in [0.25, 0.3) is 5.91 Å². The minimum absolute atomic E-state index is 0.00875. The summed E-state index contributed by atoms with van der Waals surface area (Å²) in [4.78, 5) is 18.6. The number of pyridine rings is 1. The molecule has 1 aromatic heterocycles. The number of amides is 1. The van der Waals surface area contributed by atoms with Crippen LogP contribution in [0, 0.1) is 0 Å². The Morgan fingerprint density at radius 3 is 2.80 bits per heavy atom. The molecule has 20 heavy (non-hydrogen) atoms. The molecule has 1 aromatic carbocycles. The fraction of sp³-hybridized carbons (Fsp3) is 0.250. The van der Waals surface area contributed by atoms with Crippen LogP contribution < -0.4 is 5.73 Å². The molecule has 3 rings (SSSR count). The number of likely N-dealkylation sites (tertiary alicyclic amines) is 1. The van der Waals surface area contributed by atoms with Crippen LogP contribution in [0.2, 0.25) is 0 Å². The van der Waals surface area contributed by atoms with Crippen LogP contribution in [0.25, 0.3) is 11.1 Å². The van der Waals surface area contributed by atoms with Gasteiger partial charge in [0, 0.05) is 30.1 Å². The van der Waals surface area contributed by atoms with Crippen LogP contribution in [0.15, 0.2) is 48.8 Å². The van der Waals surface area contributed by atoms with Crippen LogP contribution in [0.1, 0.15) is 23.2 Å². The van der Waals surface area contributed by atoms with Crippen molar-refractivity contribution in [2.45, 2.75) is 19.0 Å². The Hall–Kier alpha value is -2.20. The molecule has 1 fully saturated rings. The Bertz CT molecular complexity index is 612. The lowest BCUT2D eigenvalue weighted by atomic mass is 10.0. The Kier molecular flexibility index (Phi) is 3.48. The Balaban J connectivity index is 2.00. The summed E-state index contributed by atoms with van der Waals surface area (Å²) in [7, 11) is 0. The zero-order valence-electron chi connectivity index (χ0n) is 11.2. The highest BCUT2D eigenvalue weighted by atomic mass is 16.2. The lowest BCUT2D eigenvalue weighted by molar-refractivity contribution is 0.0741. The average molecular weight is 267 g/mol. The van der Waals surface area contributed by atoms with Gasteiger partial charge in [0.15, 0.2) is 0 Å². The number of rotatable bonds is 2. The van der Waals surface area contributed by atoms with Crippen molar-refractivity contribution in [2.75, 3.05) is 6.54 Å². The van der Waals surface area contributed by atoms with Crippen LogP contribution >= 0.6 is 0 Å². The van der Waals surface area contributed by atoms with Gasteiger partial charge in [0.05, 0.1) is 6.17 Å². The van der Waals surface area contributed by atoms with Crippen molar-refractivity contribution in [3.8, 4) is 11.1 Å². The van der Waals surface area contributed by atoms with E-state index in [9.17, 15) is 4.79 Å². The van der Waals surface area contributed by atoms with E-state index >= 15 is 0 Å². The van der Waals surface area contributed by atoms with E-state index in [0.29, 0.717) is 5.56 Å². The number of benzene rings is 1. The summed E-state index contributed by atoms with van der Waals surface area (Å²) < 4.78 is 0. The molecule has 0 bridgehead atoms. The normalized spacial score (nSPS) is 18.2. The SMILES string of the molecule is NC1CCCN1C(=O)c1ccccc1-c1cccnc1.